The fraction of sp³-hybridized carbons (Fsp3) is 0.471. The van der Waals surface area contributed by atoms with Gasteiger partial charge in [-0.2, -0.15) is 0 Å². The minimum absolute atomic E-state index is 0.0670. The molecule has 4 aromatic rings. The Labute approximate surface area is 363 Å². The van der Waals surface area contributed by atoms with E-state index in [4.69, 9.17) is 10.5 Å². The van der Waals surface area contributed by atoms with Gasteiger partial charge in [-0.15, -0.1) is 0 Å². The molecule has 10 heteroatoms. The number of aromatic hydroxyl groups is 1. The van der Waals surface area contributed by atoms with Gasteiger partial charge in [0.25, 0.3) is 0 Å². The Balaban J connectivity index is 1.24. The summed E-state index contributed by atoms with van der Waals surface area (Å²) in [6.07, 6.45) is 13.6. The first-order valence-electron chi connectivity index (χ1n) is 22.3. The normalized spacial score (nSPS) is 14.5. The number of benzene rings is 3. The molecular weight excluding hydrogens is 765 g/mol. The summed E-state index contributed by atoms with van der Waals surface area (Å²) in [6, 6.07) is 24.3. The quantitative estimate of drug-likeness (QED) is 0.0281. The maximum Gasteiger partial charge on any atom is 0.163 e. The number of aryl methyl sites for hydroxylation is 4. The summed E-state index contributed by atoms with van der Waals surface area (Å²) in [7, 11) is 3.46. The van der Waals surface area contributed by atoms with Crippen molar-refractivity contribution in [3.05, 3.63) is 124 Å². The van der Waals surface area contributed by atoms with E-state index in [2.05, 4.69) is 64.1 Å². The molecule has 5 rings (SSSR count). The highest BCUT2D eigenvalue weighted by molar-refractivity contribution is 6.07. The number of carbonyl (C=O) groups excluding carboxylic acids is 2. The number of hydrogen-bond donors (Lipinski definition) is 6. The van der Waals surface area contributed by atoms with E-state index in [1.807, 2.05) is 19.2 Å². The van der Waals surface area contributed by atoms with Gasteiger partial charge in [-0.1, -0.05) is 61.0 Å². The number of aliphatic hydroxyl groups excluding tert-OH is 2. The summed E-state index contributed by atoms with van der Waals surface area (Å²) >= 11 is 0. The molecule has 0 bridgehead atoms. The number of rotatable bonds is 26. The first-order valence-corrected chi connectivity index (χ1v) is 22.3. The number of Topliss-reactive ketones (excluding diaryl/α,β-unsaturated/α-hetero) is 1. The molecule has 1 saturated heterocycles. The van der Waals surface area contributed by atoms with Crippen molar-refractivity contribution in [3.63, 3.8) is 0 Å². The number of piperidine rings is 1. The molecule has 0 amide bonds. The van der Waals surface area contributed by atoms with Crippen molar-refractivity contribution in [1.29, 1.82) is 0 Å². The zero-order valence-corrected chi connectivity index (χ0v) is 36.3. The van der Waals surface area contributed by atoms with E-state index in [1.54, 1.807) is 18.3 Å². The predicted octanol–water partition coefficient (Wildman–Crippen LogP) is 7.23. The minimum atomic E-state index is -0.453. The second-order valence-corrected chi connectivity index (χ2v) is 16.8. The zero-order chi connectivity index (χ0) is 43.4. The summed E-state index contributed by atoms with van der Waals surface area (Å²) in [4.78, 5) is 31.0. The van der Waals surface area contributed by atoms with E-state index in [0.717, 1.165) is 75.7 Å². The smallest absolute Gasteiger partial charge is 0.163 e. The fourth-order valence-electron chi connectivity index (χ4n) is 9.05. The van der Waals surface area contributed by atoms with Crippen molar-refractivity contribution in [2.45, 2.75) is 89.9 Å². The Kier molecular flexibility index (Phi) is 19.5. The van der Waals surface area contributed by atoms with Crippen molar-refractivity contribution < 1.29 is 29.6 Å². The number of nitrogens with zero attached hydrogens (tertiary/aromatic N) is 1. The highest BCUT2D eigenvalue weighted by Gasteiger charge is 2.26. The molecule has 2 heterocycles. The zero-order valence-electron chi connectivity index (χ0n) is 36.3. The van der Waals surface area contributed by atoms with E-state index in [0.29, 0.717) is 66.0 Å². The lowest BCUT2D eigenvalue weighted by atomic mass is 9.77. The first kappa shape index (κ1) is 47.2. The maximum atomic E-state index is 13.4. The number of aliphatic hydroxyl groups is 2. The lowest BCUT2D eigenvalue weighted by Gasteiger charge is -2.33. The number of aromatic nitrogens is 1. The van der Waals surface area contributed by atoms with Gasteiger partial charge in [-0.3, -0.25) is 9.59 Å². The van der Waals surface area contributed by atoms with Gasteiger partial charge in [0.15, 0.2) is 17.3 Å². The van der Waals surface area contributed by atoms with Crippen LogP contribution in [0.15, 0.2) is 85.1 Å². The van der Waals surface area contributed by atoms with Crippen LogP contribution in [-0.2, 0) is 41.7 Å². The van der Waals surface area contributed by atoms with E-state index in [9.17, 15) is 24.9 Å². The average molecular weight is 833 g/mol. The summed E-state index contributed by atoms with van der Waals surface area (Å²) in [5.74, 6) is 1.67. The van der Waals surface area contributed by atoms with Crippen LogP contribution in [0.4, 0.5) is 5.82 Å². The number of hydrogen-bond acceptors (Lipinski definition) is 10. The largest absolute Gasteiger partial charge is 0.504 e. The van der Waals surface area contributed by atoms with Gasteiger partial charge < -0.3 is 36.4 Å². The Morgan fingerprint density at radius 1 is 0.902 bits per heavy atom. The molecule has 328 valence electrons. The number of nitrogen functional groups attached to an aromatic ring is 1. The molecule has 0 spiro atoms. The third-order valence-corrected chi connectivity index (χ3v) is 12.3. The van der Waals surface area contributed by atoms with Crippen molar-refractivity contribution >= 4 is 23.0 Å². The molecule has 10 nitrogen and oxygen atoms in total. The molecule has 0 aliphatic carbocycles. The number of nitrogens with two attached hydrogens (primary N) is 1. The third-order valence-electron chi connectivity index (χ3n) is 12.3. The summed E-state index contributed by atoms with van der Waals surface area (Å²) in [5.41, 5.74) is 13.5. The lowest BCUT2D eigenvalue weighted by Crippen LogP contribution is -2.36. The molecule has 7 N–H and O–H groups in total. The second-order valence-electron chi connectivity index (χ2n) is 16.8. The third kappa shape index (κ3) is 15.2. The maximum absolute atomic E-state index is 13.4. The van der Waals surface area contributed by atoms with Gasteiger partial charge in [0.05, 0.1) is 20.1 Å². The van der Waals surface area contributed by atoms with Crippen molar-refractivity contribution in [2.24, 2.45) is 17.8 Å². The number of phenols is 1. The number of nitrogens with one attached hydrogen (secondary N) is 2. The van der Waals surface area contributed by atoms with Crippen LogP contribution in [0.3, 0.4) is 0 Å². The Morgan fingerprint density at radius 3 is 2.31 bits per heavy atom. The number of ether oxygens (including phenoxy) is 1. The number of phenolic OH excluding ortho intramolecular Hbond substituents is 1. The van der Waals surface area contributed by atoms with Crippen LogP contribution in [0.5, 0.6) is 11.5 Å². The molecule has 3 aromatic carbocycles. The molecule has 2 atom stereocenters. The Bertz CT molecular complexity index is 2010. The molecule has 1 aromatic heterocycles. The van der Waals surface area contributed by atoms with Crippen LogP contribution in [0, 0.1) is 17.8 Å². The molecule has 0 saturated carbocycles. The van der Waals surface area contributed by atoms with Gasteiger partial charge in [0, 0.05) is 19.2 Å². The summed E-state index contributed by atoms with van der Waals surface area (Å²) in [5, 5.41) is 38.0. The second kappa shape index (κ2) is 25.2. The Hall–Kier alpha value is -4.87. The van der Waals surface area contributed by atoms with Gasteiger partial charge in [0.1, 0.15) is 11.6 Å². The SMILES string of the molecule is CNC[C@H](C[C@H](CCCO)CCCC(=O)CC(=O)C=C(CO)c1cc(OC)c(O)cc1Cc1cnc(N)cc1CCc1cccc(CCc2ccccc2)c1)C1CCNCC1. The van der Waals surface area contributed by atoms with E-state index >= 15 is 0 Å². The molecular formula is C51H68N4O6. The van der Waals surface area contributed by atoms with E-state index in [-0.39, 0.29) is 36.1 Å². The van der Waals surface area contributed by atoms with Gasteiger partial charge in [0.2, 0.25) is 0 Å². The van der Waals surface area contributed by atoms with Crippen molar-refractivity contribution in [3.8, 4) is 11.5 Å². The van der Waals surface area contributed by atoms with Crippen LogP contribution in [0.25, 0.3) is 5.57 Å². The average Bonchev–Trinajstić information content (AvgIpc) is 3.27. The van der Waals surface area contributed by atoms with E-state index < -0.39 is 6.61 Å². The predicted molar refractivity (Wildman–Crippen MR) is 245 cm³/mol. The Morgan fingerprint density at radius 2 is 1.61 bits per heavy atom. The molecule has 61 heavy (non-hydrogen) atoms. The summed E-state index contributed by atoms with van der Waals surface area (Å²) < 4.78 is 5.45. The minimum Gasteiger partial charge on any atom is -0.504 e. The standard InChI is InChI=1S/C51H68N4O6/c1-53-33-43(40-20-22-54-23-21-40)26-37(14-8-24-56)13-7-15-46(58)31-47(59)28-45(35-57)48-32-50(61-2)49(60)29-42(48)27-44-34-55-51(52)30-41(44)19-18-39-12-6-11-38(25-39)17-16-36-9-4-3-5-10-36/h3-6,9-12,25,28-30,32,34,37,40,43,53-54,56-57,60H,7-8,13-24,26-27,31,33,35H2,1-2H3,(H2,52,55)/t37-,43-/m0/s1. The van der Waals surface area contributed by atoms with Crippen molar-refractivity contribution in [1.82, 2.24) is 15.6 Å². The number of carbonyl (C=O) groups is 2. The van der Waals surface area contributed by atoms with Gasteiger partial charge >= 0.3 is 0 Å². The highest BCUT2D eigenvalue weighted by atomic mass is 16.5. The van der Waals surface area contributed by atoms with Crippen LogP contribution in [-0.4, -0.2) is 78.9 Å². The number of methoxy groups -OCH3 is 1. The molecule has 0 unspecified atom stereocenters. The first-order chi connectivity index (χ1) is 29.7. The fourth-order valence-corrected chi connectivity index (χ4v) is 9.05. The topological polar surface area (TPSA) is 167 Å². The van der Waals surface area contributed by atoms with E-state index in [1.165, 1.54) is 42.7 Å². The molecule has 1 aliphatic heterocycles. The van der Waals surface area contributed by atoms with Gasteiger partial charge in [-0.25, -0.2) is 4.98 Å². The highest BCUT2D eigenvalue weighted by Crippen LogP contribution is 2.35. The lowest BCUT2D eigenvalue weighted by molar-refractivity contribution is -0.124. The van der Waals surface area contributed by atoms with Crippen LogP contribution >= 0.6 is 0 Å². The number of allylic oxidation sites excluding steroid dienone is 1. The van der Waals surface area contributed by atoms with Crippen LogP contribution in [0.2, 0.25) is 0 Å². The number of ketones is 2. The van der Waals surface area contributed by atoms with Gasteiger partial charge in [-0.05, 0) is 184 Å². The summed E-state index contributed by atoms with van der Waals surface area (Å²) in [6.45, 7) is 2.77. The number of anilines is 1. The molecule has 1 fully saturated rings. The molecule has 1 aliphatic rings. The van der Waals surface area contributed by atoms with Crippen molar-refractivity contribution in [2.75, 3.05) is 52.7 Å². The monoisotopic (exact) mass is 833 g/mol. The van der Waals surface area contributed by atoms with Crippen LogP contribution in [0.1, 0.15) is 96.7 Å². The molecule has 0 radical (unpaired) electrons. The van der Waals surface area contributed by atoms with Crippen LogP contribution < -0.4 is 21.1 Å². The number of pyridine rings is 1.